The molecule has 1 saturated heterocycles. The first kappa shape index (κ1) is 20.1. The van der Waals surface area contributed by atoms with Crippen molar-refractivity contribution in [3.63, 3.8) is 0 Å². The molecule has 4 rings (SSSR count). The van der Waals surface area contributed by atoms with Gasteiger partial charge >= 0.3 is 0 Å². The van der Waals surface area contributed by atoms with E-state index in [4.69, 9.17) is 0 Å². The zero-order valence-electron chi connectivity index (χ0n) is 17.3. The number of amides is 1. The maximum Gasteiger partial charge on any atom is 0.243 e. The summed E-state index contributed by atoms with van der Waals surface area (Å²) in [7, 11) is -3.62. The van der Waals surface area contributed by atoms with Crippen LogP contribution in [-0.4, -0.2) is 37.8 Å². The zero-order valence-corrected chi connectivity index (χ0v) is 18.1. The monoisotopic (exact) mass is 412 g/mol. The van der Waals surface area contributed by atoms with E-state index in [0.29, 0.717) is 17.9 Å². The second-order valence-electron chi connectivity index (χ2n) is 8.36. The van der Waals surface area contributed by atoms with Crippen molar-refractivity contribution in [2.45, 2.75) is 51.0 Å². The molecule has 2 aromatic carbocycles. The number of benzene rings is 2. The minimum Gasteiger partial charge on any atom is -0.309 e. The number of piperidine rings is 1. The van der Waals surface area contributed by atoms with Gasteiger partial charge in [-0.2, -0.15) is 4.31 Å². The van der Waals surface area contributed by atoms with Crippen LogP contribution in [0.25, 0.3) is 0 Å². The molecule has 1 amide bonds. The molecule has 0 saturated carbocycles. The van der Waals surface area contributed by atoms with Crippen molar-refractivity contribution in [2.24, 2.45) is 5.92 Å². The van der Waals surface area contributed by atoms with Crippen molar-refractivity contribution in [3.8, 4) is 0 Å². The number of sulfonamides is 1. The Morgan fingerprint density at radius 1 is 1.10 bits per heavy atom. The lowest BCUT2D eigenvalue weighted by molar-refractivity contribution is -0.123. The number of carbonyl (C=O) groups excluding carboxylic acids is 1. The van der Waals surface area contributed by atoms with Crippen molar-refractivity contribution in [1.82, 2.24) is 4.31 Å². The Morgan fingerprint density at radius 3 is 2.66 bits per heavy atom. The Bertz CT molecular complexity index is 1050. The first-order valence-corrected chi connectivity index (χ1v) is 11.7. The number of nitrogens with zero attached hydrogens (tertiary/aromatic N) is 2. The molecular formula is C23H28N2O3S. The van der Waals surface area contributed by atoms with Crippen LogP contribution in [0.1, 0.15) is 36.5 Å². The zero-order chi connectivity index (χ0) is 20.8. The number of anilines is 1. The van der Waals surface area contributed by atoms with Crippen molar-refractivity contribution in [2.75, 3.05) is 18.0 Å². The average molecular weight is 413 g/mol. The number of hydrogen-bond acceptors (Lipinski definition) is 3. The number of rotatable bonds is 3. The average Bonchev–Trinajstić information content (AvgIpc) is 3.05. The van der Waals surface area contributed by atoms with Crippen LogP contribution in [0.2, 0.25) is 0 Å². The van der Waals surface area contributed by atoms with E-state index < -0.39 is 10.0 Å². The summed E-state index contributed by atoms with van der Waals surface area (Å²) in [4.78, 5) is 15.6. The van der Waals surface area contributed by atoms with E-state index in [9.17, 15) is 13.2 Å². The predicted octanol–water partition coefficient (Wildman–Crippen LogP) is 3.68. The molecule has 2 heterocycles. The number of para-hydroxylation sites is 1. The van der Waals surface area contributed by atoms with Crippen LogP contribution in [0.4, 0.5) is 5.69 Å². The molecule has 0 aliphatic carbocycles. The third-order valence-corrected chi connectivity index (χ3v) is 8.15. The summed E-state index contributed by atoms with van der Waals surface area (Å²) in [5, 5.41) is 0. The Kier molecular flexibility index (Phi) is 5.25. The normalized spacial score (nSPS) is 22.5. The Balaban J connectivity index is 1.59. The summed E-state index contributed by atoms with van der Waals surface area (Å²) >= 11 is 0. The molecule has 2 atom stereocenters. The van der Waals surface area contributed by atoms with Crippen molar-refractivity contribution < 1.29 is 13.2 Å². The second-order valence-corrected chi connectivity index (χ2v) is 10.3. The molecule has 29 heavy (non-hydrogen) atoms. The third kappa shape index (κ3) is 3.60. The summed E-state index contributed by atoms with van der Waals surface area (Å²) in [6, 6.07) is 13.6. The molecular weight excluding hydrogens is 384 g/mol. The first-order chi connectivity index (χ1) is 13.8. The van der Waals surface area contributed by atoms with Gasteiger partial charge in [0.15, 0.2) is 0 Å². The van der Waals surface area contributed by atoms with E-state index in [1.807, 2.05) is 49.1 Å². The molecule has 2 aliphatic heterocycles. The van der Waals surface area contributed by atoms with E-state index in [1.54, 1.807) is 6.07 Å². The Morgan fingerprint density at radius 2 is 1.86 bits per heavy atom. The molecule has 1 fully saturated rings. The van der Waals surface area contributed by atoms with Crippen LogP contribution in [0, 0.1) is 19.8 Å². The molecule has 0 aromatic heterocycles. The van der Waals surface area contributed by atoms with Gasteiger partial charge in [-0.1, -0.05) is 30.3 Å². The molecule has 0 bridgehead atoms. The van der Waals surface area contributed by atoms with Crippen molar-refractivity contribution >= 4 is 21.6 Å². The fourth-order valence-electron chi connectivity index (χ4n) is 4.58. The topological polar surface area (TPSA) is 57.7 Å². The first-order valence-electron chi connectivity index (χ1n) is 10.3. The van der Waals surface area contributed by atoms with Gasteiger partial charge in [0.05, 0.1) is 10.8 Å². The molecule has 0 N–H and O–H groups in total. The molecule has 154 valence electrons. The molecule has 0 unspecified atom stereocenters. The highest BCUT2D eigenvalue weighted by Gasteiger charge is 2.39. The Hall–Kier alpha value is -2.18. The van der Waals surface area contributed by atoms with Gasteiger partial charge in [-0.05, 0) is 68.9 Å². The van der Waals surface area contributed by atoms with Crippen LogP contribution >= 0.6 is 0 Å². The summed E-state index contributed by atoms with van der Waals surface area (Å²) in [6.45, 7) is 6.49. The van der Waals surface area contributed by atoms with E-state index in [2.05, 4.69) is 13.0 Å². The minimum atomic E-state index is -3.62. The fraction of sp³-hybridized carbons (Fsp3) is 0.435. The number of fused-ring (bicyclic) bond motifs is 1. The molecule has 0 radical (unpaired) electrons. The SMILES string of the molecule is Cc1ccc(C)c(S(=O)(=O)N2CCC[C@@H](C(=O)N3c4ccccc4C[C@@H]3C)C2)c1. The standard InChI is InChI=1S/C23H28N2O3S/c1-16-10-11-17(2)22(13-16)29(27,28)24-12-6-8-20(15-24)23(26)25-18(3)14-19-7-4-5-9-21(19)25/h4-5,7,9-11,13,18,20H,6,8,12,14-15H2,1-3H3/t18-,20+/m0/s1. The lowest BCUT2D eigenvalue weighted by Crippen LogP contribution is -2.48. The second kappa shape index (κ2) is 7.58. The van der Waals surface area contributed by atoms with Gasteiger partial charge in [-0.15, -0.1) is 0 Å². The van der Waals surface area contributed by atoms with Gasteiger partial charge in [-0.3, -0.25) is 4.79 Å². The predicted molar refractivity (Wildman–Crippen MR) is 114 cm³/mol. The summed E-state index contributed by atoms with van der Waals surface area (Å²) in [6.07, 6.45) is 2.27. The van der Waals surface area contributed by atoms with Gasteiger partial charge in [0.25, 0.3) is 0 Å². The quantitative estimate of drug-likeness (QED) is 0.773. The molecule has 0 spiro atoms. The van der Waals surface area contributed by atoms with E-state index in [-0.39, 0.29) is 24.4 Å². The van der Waals surface area contributed by atoms with Crippen LogP contribution < -0.4 is 4.90 Å². The highest BCUT2D eigenvalue weighted by Crippen LogP contribution is 2.35. The van der Waals surface area contributed by atoms with Crippen molar-refractivity contribution in [3.05, 3.63) is 59.2 Å². The van der Waals surface area contributed by atoms with Crippen molar-refractivity contribution in [1.29, 1.82) is 0 Å². The van der Waals surface area contributed by atoms with E-state index in [1.165, 1.54) is 9.87 Å². The highest BCUT2D eigenvalue weighted by atomic mass is 32.2. The number of carbonyl (C=O) groups is 1. The van der Waals surface area contributed by atoms with Crippen LogP contribution in [-0.2, 0) is 21.2 Å². The summed E-state index contributed by atoms with van der Waals surface area (Å²) in [5.41, 5.74) is 3.82. The van der Waals surface area contributed by atoms with Crippen LogP contribution in [0.5, 0.6) is 0 Å². The Labute approximate surface area is 173 Å². The molecule has 5 nitrogen and oxygen atoms in total. The minimum absolute atomic E-state index is 0.0447. The number of hydrogen-bond donors (Lipinski definition) is 0. The maximum atomic E-state index is 13.4. The van der Waals surface area contributed by atoms with E-state index >= 15 is 0 Å². The van der Waals surface area contributed by atoms with Gasteiger partial charge in [0.1, 0.15) is 0 Å². The highest BCUT2D eigenvalue weighted by molar-refractivity contribution is 7.89. The molecule has 2 aromatic rings. The van der Waals surface area contributed by atoms with Gasteiger partial charge in [-0.25, -0.2) is 8.42 Å². The van der Waals surface area contributed by atoms with E-state index in [0.717, 1.165) is 29.7 Å². The van der Waals surface area contributed by atoms with Gasteiger partial charge in [0.2, 0.25) is 15.9 Å². The molecule has 6 heteroatoms. The van der Waals surface area contributed by atoms with Crippen LogP contribution in [0.3, 0.4) is 0 Å². The molecule has 2 aliphatic rings. The van der Waals surface area contributed by atoms with Crippen LogP contribution in [0.15, 0.2) is 47.4 Å². The lowest BCUT2D eigenvalue weighted by Gasteiger charge is -2.35. The fourth-order valence-corrected chi connectivity index (χ4v) is 6.42. The van der Waals surface area contributed by atoms with Gasteiger partial charge in [0, 0.05) is 24.8 Å². The summed E-state index contributed by atoms with van der Waals surface area (Å²) < 4.78 is 28.1. The summed E-state index contributed by atoms with van der Waals surface area (Å²) in [5.74, 6) is -0.263. The third-order valence-electron chi connectivity index (χ3n) is 6.14. The number of aryl methyl sites for hydroxylation is 2. The van der Waals surface area contributed by atoms with Gasteiger partial charge < -0.3 is 4.90 Å². The lowest BCUT2D eigenvalue weighted by atomic mass is 9.97. The smallest absolute Gasteiger partial charge is 0.243 e. The largest absolute Gasteiger partial charge is 0.309 e. The maximum absolute atomic E-state index is 13.4.